The zero-order valence-corrected chi connectivity index (χ0v) is 18.2. The SMILES string of the molecule is O=C(c1ccc(Cn2ccccc2=O)o1)N1CC[C@@H]2[C@@H](CCCN2Cc2ccccc2)C1. The lowest BCUT2D eigenvalue weighted by Gasteiger charge is -2.47. The molecule has 5 rings (SSSR count). The minimum Gasteiger partial charge on any atom is -0.454 e. The molecule has 0 radical (unpaired) electrons. The van der Waals surface area contributed by atoms with Crippen LogP contribution in [0.25, 0.3) is 0 Å². The highest BCUT2D eigenvalue weighted by Gasteiger charge is 2.37. The number of pyridine rings is 1. The van der Waals surface area contributed by atoms with Gasteiger partial charge >= 0.3 is 0 Å². The lowest BCUT2D eigenvalue weighted by Crippen LogP contribution is -2.54. The van der Waals surface area contributed by atoms with E-state index in [1.165, 1.54) is 24.5 Å². The number of benzene rings is 1. The summed E-state index contributed by atoms with van der Waals surface area (Å²) in [5.41, 5.74) is 1.27. The first-order chi connectivity index (χ1) is 15.7. The molecule has 0 N–H and O–H groups in total. The number of rotatable bonds is 5. The zero-order chi connectivity index (χ0) is 21.9. The summed E-state index contributed by atoms with van der Waals surface area (Å²) in [5, 5.41) is 0. The third kappa shape index (κ3) is 4.41. The molecule has 0 bridgehead atoms. The minimum atomic E-state index is -0.0868. The Hall–Kier alpha value is -3.12. The highest BCUT2D eigenvalue weighted by Crippen LogP contribution is 2.32. The molecule has 0 unspecified atom stereocenters. The van der Waals surface area contributed by atoms with Crippen LogP contribution in [0.15, 0.2) is 76.1 Å². The van der Waals surface area contributed by atoms with Gasteiger partial charge < -0.3 is 13.9 Å². The summed E-state index contributed by atoms with van der Waals surface area (Å²) in [6.45, 7) is 3.97. The third-order valence-electron chi connectivity index (χ3n) is 6.80. The molecule has 4 heterocycles. The van der Waals surface area contributed by atoms with Crippen LogP contribution in [0.4, 0.5) is 0 Å². The van der Waals surface area contributed by atoms with Gasteiger partial charge in [-0.05, 0) is 55.5 Å². The van der Waals surface area contributed by atoms with Crippen LogP contribution in [0, 0.1) is 5.92 Å². The number of carbonyl (C=O) groups is 1. The number of nitrogens with zero attached hydrogens (tertiary/aromatic N) is 3. The van der Waals surface area contributed by atoms with Crippen molar-refractivity contribution in [3.63, 3.8) is 0 Å². The molecule has 6 heteroatoms. The molecule has 2 fully saturated rings. The van der Waals surface area contributed by atoms with Gasteiger partial charge in [-0.2, -0.15) is 0 Å². The summed E-state index contributed by atoms with van der Waals surface area (Å²) < 4.78 is 7.40. The Labute approximate surface area is 188 Å². The van der Waals surface area contributed by atoms with Crippen LogP contribution in [-0.2, 0) is 13.1 Å². The van der Waals surface area contributed by atoms with Crippen molar-refractivity contribution in [1.82, 2.24) is 14.4 Å². The van der Waals surface area contributed by atoms with E-state index in [4.69, 9.17) is 4.42 Å². The van der Waals surface area contributed by atoms with Crippen LogP contribution in [0.5, 0.6) is 0 Å². The maximum absolute atomic E-state index is 13.1. The molecule has 0 spiro atoms. The van der Waals surface area contributed by atoms with Crippen molar-refractivity contribution in [3.8, 4) is 0 Å². The van der Waals surface area contributed by atoms with Crippen LogP contribution in [0.2, 0.25) is 0 Å². The fraction of sp³-hybridized carbons (Fsp3) is 0.385. The number of likely N-dealkylation sites (tertiary alicyclic amines) is 2. The summed E-state index contributed by atoms with van der Waals surface area (Å²) in [7, 11) is 0. The van der Waals surface area contributed by atoms with Crippen LogP contribution >= 0.6 is 0 Å². The number of aromatic nitrogens is 1. The molecule has 0 aliphatic carbocycles. The lowest BCUT2D eigenvalue weighted by molar-refractivity contribution is 0.0160. The van der Waals surface area contributed by atoms with Gasteiger partial charge in [0.2, 0.25) is 0 Å². The molecule has 0 saturated carbocycles. The van der Waals surface area contributed by atoms with E-state index < -0.39 is 0 Å². The summed E-state index contributed by atoms with van der Waals surface area (Å²) in [4.78, 5) is 29.6. The predicted molar refractivity (Wildman–Crippen MR) is 122 cm³/mol. The fourth-order valence-electron chi connectivity index (χ4n) is 5.20. The van der Waals surface area contributed by atoms with Gasteiger partial charge in [-0.3, -0.25) is 14.5 Å². The predicted octanol–water partition coefficient (Wildman–Crippen LogP) is 3.62. The van der Waals surface area contributed by atoms with Gasteiger partial charge in [-0.25, -0.2) is 0 Å². The molecular weight excluding hydrogens is 402 g/mol. The van der Waals surface area contributed by atoms with E-state index in [2.05, 4.69) is 35.2 Å². The van der Waals surface area contributed by atoms with Crippen LogP contribution in [0.1, 0.15) is 41.1 Å². The number of hydrogen-bond acceptors (Lipinski definition) is 4. The first-order valence-electron chi connectivity index (χ1n) is 11.5. The molecule has 2 atom stereocenters. The number of fused-ring (bicyclic) bond motifs is 1. The Morgan fingerprint density at radius 3 is 2.62 bits per heavy atom. The lowest BCUT2D eigenvalue weighted by atomic mass is 9.83. The minimum absolute atomic E-state index is 0.0460. The summed E-state index contributed by atoms with van der Waals surface area (Å²) >= 11 is 0. The summed E-state index contributed by atoms with van der Waals surface area (Å²) in [6, 6.07) is 19.8. The quantitative estimate of drug-likeness (QED) is 0.619. The average molecular weight is 432 g/mol. The van der Waals surface area contributed by atoms with Crippen molar-refractivity contribution in [2.45, 2.75) is 38.4 Å². The van der Waals surface area contributed by atoms with Gasteiger partial charge in [0.15, 0.2) is 5.76 Å². The van der Waals surface area contributed by atoms with E-state index in [1.54, 1.807) is 29.0 Å². The average Bonchev–Trinajstić information content (AvgIpc) is 3.29. The molecule has 1 aromatic carbocycles. The van der Waals surface area contributed by atoms with Crippen LogP contribution < -0.4 is 5.56 Å². The van der Waals surface area contributed by atoms with E-state index >= 15 is 0 Å². The van der Waals surface area contributed by atoms with Crippen molar-refractivity contribution in [2.24, 2.45) is 5.92 Å². The molecule has 32 heavy (non-hydrogen) atoms. The molecule has 1 amide bonds. The number of piperidine rings is 2. The number of hydrogen-bond donors (Lipinski definition) is 0. The molecule has 2 aromatic heterocycles. The van der Waals surface area contributed by atoms with E-state index in [-0.39, 0.29) is 11.5 Å². The Bertz CT molecular complexity index is 1120. The maximum Gasteiger partial charge on any atom is 0.289 e. The van der Waals surface area contributed by atoms with Crippen molar-refractivity contribution < 1.29 is 9.21 Å². The van der Waals surface area contributed by atoms with Gasteiger partial charge in [-0.15, -0.1) is 0 Å². The number of furan rings is 1. The van der Waals surface area contributed by atoms with E-state index in [0.717, 1.165) is 32.6 Å². The number of amides is 1. The van der Waals surface area contributed by atoms with Crippen molar-refractivity contribution in [2.75, 3.05) is 19.6 Å². The first-order valence-corrected chi connectivity index (χ1v) is 11.5. The second kappa shape index (κ2) is 9.17. The molecule has 166 valence electrons. The van der Waals surface area contributed by atoms with Crippen molar-refractivity contribution >= 4 is 5.91 Å². The number of carbonyl (C=O) groups excluding carboxylic acids is 1. The van der Waals surface area contributed by atoms with Crippen LogP contribution in [-0.4, -0.2) is 46.0 Å². The normalized spacial score (nSPS) is 21.3. The molecule has 2 aliphatic heterocycles. The second-order valence-corrected chi connectivity index (χ2v) is 8.90. The Balaban J connectivity index is 1.23. The second-order valence-electron chi connectivity index (χ2n) is 8.90. The summed E-state index contributed by atoms with van der Waals surface area (Å²) in [5.74, 6) is 1.43. The third-order valence-corrected chi connectivity index (χ3v) is 6.80. The van der Waals surface area contributed by atoms with Crippen molar-refractivity contribution in [1.29, 1.82) is 0 Å². The molecule has 2 aliphatic rings. The van der Waals surface area contributed by atoms with E-state index in [1.807, 2.05) is 11.0 Å². The first kappa shape index (κ1) is 20.8. The van der Waals surface area contributed by atoms with Gasteiger partial charge in [0.1, 0.15) is 5.76 Å². The standard InChI is InChI=1S/C26H29N3O3/c30-25-10-4-5-14-28(25)19-22-11-12-24(32-22)26(31)29-16-13-23-21(18-29)9-6-15-27(23)17-20-7-2-1-3-8-20/h1-5,7-8,10-12,14,21,23H,6,9,13,15-19H2/t21-,23+/m0/s1. The highest BCUT2D eigenvalue weighted by atomic mass is 16.4. The Kier molecular flexibility index (Phi) is 5.95. The molecular formula is C26H29N3O3. The van der Waals surface area contributed by atoms with Crippen molar-refractivity contribution in [3.05, 3.63) is 94.3 Å². The molecule has 2 saturated heterocycles. The van der Waals surface area contributed by atoms with E-state index in [9.17, 15) is 9.59 Å². The largest absolute Gasteiger partial charge is 0.454 e. The van der Waals surface area contributed by atoms with Gasteiger partial charge in [0.25, 0.3) is 11.5 Å². The van der Waals surface area contributed by atoms with Gasteiger partial charge in [0.05, 0.1) is 6.54 Å². The maximum atomic E-state index is 13.1. The zero-order valence-electron chi connectivity index (χ0n) is 18.2. The smallest absolute Gasteiger partial charge is 0.289 e. The Morgan fingerprint density at radius 1 is 0.938 bits per heavy atom. The monoisotopic (exact) mass is 431 g/mol. The van der Waals surface area contributed by atoms with Gasteiger partial charge in [-0.1, -0.05) is 36.4 Å². The van der Waals surface area contributed by atoms with E-state index in [0.29, 0.717) is 30.0 Å². The Morgan fingerprint density at radius 2 is 1.78 bits per heavy atom. The van der Waals surface area contributed by atoms with Crippen LogP contribution in [0.3, 0.4) is 0 Å². The highest BCUT2D eigenvalue weighted by molar-refractivity contribution is 5.91. The molecule has 6 nitrogen and oxygen atoms in total. The fourth-order valence-corrected chi connectivity index (χ4v) is 5.20. The topological polar surface area (TPSA) is 58.7 Å². The summed E-state index contributed by atoms with van der Waals surface area (Å²) in [6.07, 6.45) is 5.06. The molecule has 3 aromatic rings. The van der Waals surface area contributed by atoms with Gasteiger partial charge in [0, 0.05) is 37.9 Å².